The molecule has 1 aromatic carbocycles. The highest BCUT2D eigenvalue weighted by atomic mass is 16.4. The number of carboxylic acids is 1. The van der Waals surface area contributed by atoms with Gasteiger partial charge in [-0.1, -0.05) is 12.1 Å². The highest BCUT2D eigenvalue weighted by Crippen LogP contribution is 2.32. The van der Waals surface area contributed by atoms with E-state index in [1.54, 1.807) is 0 Å². The van der Waals surface area contributed by atoms with Crippen LogP contribution in [0.5, 0.6) is 0 Å². The minimum Gasteiger partial charge on any atom is -0.480 e. The summed E-state index contributed by atoms with van der Waals surface area (Å²) in [6.45, 7) is 0.867. The van der Waals surface area contributed by atoms with Crippen molar-refractivity contribution in [1.82, 2.24) is 4.90 Å². The second-order valence-electron chi connectivity index (χ2n) is 5.61. The number of benzene rings is 1. The molecular formula is C15H22N2O2. The van der Waals surface area contributed by atoms with Crippen molar-refractivity contribution in [3.05, 3.63) is 29.8 Å². The van der Waals surface area contributed by atoms with E-state index < -0.39 is 12.0 Å². The summed E-state index contributed by atoms with van der Waals surface area (Å²) in [5.41, 5.74) is 1.93. The number of hydrogen-bond donors (Lipinski definition) is 1. The molecule has 0 saturated heterocycles. The molecule has 19 heavy (non-hydrogen) atoms. The van der Waals surface area contributed by atoms with Crippen molar-refractivity contribution in [3.8, 4) is 0 Å². The number of rotatable bonds is 6. The Morgan fingerprint density at radius 3 is 2.26 bits per heavy atom. The molecule has 4 nitrogen and oxygen atoms in total. The van der Waals surface area contributed by atoms with Crippen LogP contribution >= 0.6 is 0 Å². The molecule has 1 saturated carbocycles. The maximum Gasteiger partial charge on any atom is 0.325 e. The van der Waals surface area contributed by atoms with Crippen molar-refractivity contribution in [1.29, 1.82) is 0 Å². The molecule has 1 fully saturated rings. The highest BCUT2D eigenvalue weighted by Gasteiger charge is 2.30. The second kappa shape index (κ2) is 5.61. The Labute approximate surface area is 114 Å². The average molecular weight is 262 g/mol. The number of carbonyl (C=O) groups is 1. The van der Waals surface area contributed by atoms with Crippen molar-refractivity contribution in [3.63, 3.8) is 0 Å². The average Bonchev–Trinajstić information content (AvgIpc) is 3.13. The molecule has 1 aliphatic carbocycles. The van der Waals surface area contributed by atoms with Gasteiger partial charge in [0.15, 0.2) is 0 Å². The maximum atomic E-state index is 11.5. The summed E-state index contributed by atoms with van der Waals surface area (Å²) in [4.78, 5) is 15.5. The molecule has 1 atom stereocenters. The standard InChI is InChI=1S/C15H22N2O2/c1-16(2)13-8-6-12(7-9-13)14(15(18)19)17(3)10-11-4-5-11/h6-9,11,14H,4-5,10H2,1-3H3,(H,18,19). The molecule has 0 bridgehead atoms. The van der Waals surface area contributed by atoms with Crippen molar-refractivity contribution in [2.75, 3.05) is 32.6 Å². The summed E-state index contributed by atoms with van der Waals surface area (Å²) in [5.74, 6) is -0.0892. The third kappa shape index (κ3) is 3.47. The monoisotopic (exact) mass is 262 g/mol. The van der Waals surface area contributed by atoms with Crippen LogP contribution in [0.15, 0.2) is 24.3 Å². The molecular weight excluding hydrogens is 240 g/mol. The first-order valence-electron chi connectivity index (χ1n) is 6.69. The largest absolute Gasteiger partial charge is 0.480 e. The summed E-state index contributed by atoms with van der Waals surface area (Å²) in [5, 5.41) is 9.46. The minimum absolute atomic E-state index is 0.545. The molecule has 0 spiro atoms. The number of anilines is 1. The summed E-state index contributed by atoms with van der Waals surface area (Å²) in [6.07, 6.45) is 2.46. The molecule has 104 valence electrons. The van der Waals surface area contributed by atoms with Crippen molar-refractivity contribution >= 4 is 11.7 Å². The zero-order chi connectivity index (χ0) is 14.0. The molecule has 0 radical (unpaired) electrons. The van der Waals surface area contributed by atoms with E-state index in [1.165, 1.54) is 12.8 Å². The van der Waals surface area contributed by atoms with Crippen LogP contribution in [0.4, 0.5) is 5.69 Å². The summed E-state index contributed by atoms with van der Waals surface area (Å²) >= 11 is 0. The zero-order valence-corrected chi connectivity index (χ0v) is 11.8. The van der Waals surface area contributed by atoms with Gasteiger partial charge in [-0.15, -0.1) is 0 Å². The predicted molar refractivity (Wildman–Crippen MR) is 76.5 cm³/mol. The van der Waals surface area contributed by atoms with E-state index in [2.05, 4.69) is 0 Å². The van der Waals surface area contributed by atoms with Gasteiger partial charge in [0.2, 0.25) is 0 Å². The number of likely N-dealkylation sites (N-methyl/N-ethyl adjacent to an activating group) is 1. The highest BCUT2D eigenvalue weighted by molar-refractivity contribution is 5.75. The van der Waals surface area contributed by atoms with Gasteiger partial charge in [0.1, 0.15) is 6.04 Å². The quantitative estimate of drug-likeness (QED) is 0.853. The molecule has 1 aromatic rings. The third-order valence-corrected chi connectivity index (χ3v) is 3.64. The van der Waals surface area contributed by atoms with Crippen LogP contribution in [-0.2, 0) is 4.79 Å². The van der Waals surface area contributed by atoms with Crippen LogP contribution in [0.25, 0.3) is 0 Å². The maximum absolute atomic E-state index is 11.5. The van der Waals surface area contributed by atoms with Crippen LogP contribution in [-0.4, -0.2) is 43.7 Å². The zero-order valence-electron chi connectivity index (χ0n) is 11.8. The topological polar surface area (TPSA) is 43.8 Å². The molecule has 1 aliphatic rings. The summed E-state index contributed by atoms with van der Waals surface area (Å²) in [7, 11) is 5.85. The first-order valence-corrected chi connectivity index (χ1v) is 6.69. The van der Waals surface area contributed by atoms with Gasteiger partial charge in [-0.3, -0.25) is 9.69 Å². The molecule has 1 unspecified atom stereocenters. The van der Waals surface area contributed by atoms with Crippen LogP contribution in [0.2, 0.25) is 0 Å². The number of aliphatic carboxylic acids is 1. The van der Waals surface area contributed by atoms with Gasteiger partial charge < -0.3 is 10.0 Å². The van der Waals surface area contributed by atoms with E-state index in [1.807, 2.05) is 55.2 Å². The van der Waals surface area contributed by atoms with Gasteiger partial charge in [0.25, 0.3) is 0 Å². The lowest BCUT2D eigenvalue weighted by Gasteiger charge is -2.25. The molecule has 0 amide bonds. The molecule has 1 N–H and O–H groups in total. The SMILES string of the molecule is CN(C)c1ccc(C(C(=O)O)N(C)CC2CC2)cc1. The molecule has 0 aromatic heterocycles. The van der Waals surface area contributed by atoms with E-state index in [0.717, 1.165) is 17.8 Å². The lowest BCUT2D eigenvalue weighted by Crippen LogP contribution is -2.32. The number of carboxylic acid groups (broad SMARTS) is 1. The Kier molecular flexibility index (Phi) is 4.10. The third-order valence-electron chi connectivity index (χ3n) is 3.64. The van der Waals surface area contributed by atoms with Gasteiger partial charge in [-0.2, -0.15) is 0 Å². The smallest absolute Gasteiger partial charge is 0.325 e. The van der Waals surface area contributed by atoms with Crippen molar-refractivity contribution in [2.24, 2.45) is 5.92 Å². The first kappa shape index (κ1) is 13.9. The van der Waals surface area contributed by atoms with Crippen LogP contribution < -0.4 is 4.90 Å². The molecule has 2 rings (SSSR count). The van der Waals surface area contributed by atoms with Gasteiger partial charge in [-0.25, -0.2) is 0 Å². The summed E-state index contributed by atoms with van der Waals surface area (Å²) in [6, 6.07) is 7.22. The van der Waals surface area contributed by atoms with Crippen molar-refractivity contribution < 1.29 is 9.90 Å². The normalized spacial score (nSPS) is 16.4. The minimum atomic E-state index is -0.777. The Balaban J connectivity index is 2.15. The van der Waals surface area contributed by atoms with Gasteiger partial charge in [0.05, 0.1) is 0 Å². The van der Waals surface area contributed by atoms with Crippen molar-refractivity contribution in [2.45, 2.75) is 18.9 Å². The molecule has 0 aliphatic heterocycles. The van der Waals surface area contributed by atoms with E-state index >= 15 is 0 Å². The predicted octanol–water partition coefficient (Wildman–Crippen LogP) is 2.22. The Bertz CT molecular complexity index is 438. The first-order chi connectivity index (χ1) is 8.99. The Morgan fingerprint density at radius 1 is 1.26 bits per heavy atom. The van der Waals surface area contributed by atoms with Crippen LogP contribution in [0.3, 0.4) is 0 Å². The second-order valence-corrected chi connectivity index (χ2v) is 5.61. The van der Waals surface area contributed by atoms with E-state index in [-0.39, 0.29) is 0 Å². The van der Waals surface area contributed by atoms with E-state index in [9.17, 15) is 9.90 Å². The Hall–Kier alpha value is -1.55. The fourth-order valence-corrected chi connectivity index (χ4v) is 2.35. The van der Waals surface area contributed by atoms with Crippen LogP contribution in [0.1, 0.15) is 24.4 Å². The summed E-state index contributed by atoms with van der Waals surface area (Å²) < 4.78 is 0. The van der Waals surface area contributed by atoms with E-state index in [0.29, 0.717) is 5.92 Å². The number of hydrogen-bond acceptors (Lipinski definition) is 3. The lowest BCUT2D eigenvalue weighted by molar-refractivity contribution is -0.143. The Morgan fingerprint density at radius 2 is 1.84 bits per heavy atom. The van der Waals surface area contributed by atoms with Gasteiger partial charge in [-0.05, 0) is 43.5 Å². The molecule has 0 heterocycles. The fourth-order valence-electron chi connectivity index (χ4n) is 2.35. The molecule has 4 heteroatoms. The van der Waals surface area contributed by atoms with Crippen LogP contribution in [0, 0.1) is 5.92 Å². The van der Waals surface area contributed by atoms with E-state index in [4.69, 9.17) is 0 Å². The fraction of sp³-hybridized carbons (Fsp3) is 0.533. The van der Waals surface area contributed by atoms with Gasteiger partial charge >= 0.3 is 5.97 Å². The van der Waals surface area contributed by atoms with Gasteiger partial charge in [0, 0.05) is 26.3 Å². The number of nitrogens with zero attached hydrogens (tertiary/aromatic N) is 2. The lowest BCUT2D eigenvalue weighted by atomic mass is 10.0.